The minimum absolute atomic E-state index is 0.424. The molecule has 3 N–H and O–H groups in total. The van der Waals surface area contributed by atoms with Crippen LogP contribution in [-0.2, 0) is 6.61 Å². The fourth-order valence-corrected chi connectivity index (χ4v) is 4.95. The standard InChI is InChI=1S/C30H29ClN6O2S/c1-37(2)15-16-38-26-12-11-22(18-24(26)31)34-30-33-14-13-25(35-30)28-27(36-29(32)40-28)21-9-6-10-23(17-21)39-19-20-7-4-3-5-8-20/h3-14,17-18H,15-16,19H2,1-2H3,(H2,32,36)(H,33,34,35). The van der Waals surface area contributed by atoms with Crippen LogP contribution in [0.3, 0.4) is 0 Å². The Balaban J connectivity index is 1.33. The predicted octanol–water partition coefficient (Wildman–Crippen LogP) is 6.77. The average molecular weight is 573 g/mol. The van der Waals surface area contributed by atoms with Gasteiger partial charge in [0.05, 0.1) is 21.3 Å². The number of ether oxygens (including phenoxy) is 2. The normalized spacial score (nSPS) is 11.0. The zero-order valence-electron chi connectivity index (χ0n) is 22.2. The van der Waals surface area contributed by atoms with Crippen LogP contribution in [0, 0.1) is 0 Å². The number of anilines is 3. The molecule has 8 nitrogen and oxygen atoms in total. The fraction of sp³-hybridized carbons (Fsp3) is 0.167. The number of halogens is 1. The van der Waals surface area contributed by atoms with Crippen LogP contribution in [0.4, 0.5) is 16.8 Å². The number of nitrogen functional groups attached to an aromatic ring is 1. The Morgan fingerprint density at radius 2 is 1.80 bits per heavy atom. The Morgan fingerprint density at radius 1 is 0.950 bits per heavy atom. The molecule has 5 rings (SSSR count). The maximum absolute atomic E-state index is 6.45. The smallest absolute Gasteiger partial charge is 0.227 e. The first kappa shape index (κ1) is 27.4. The Bertz CT molecular complexity index is 1580. The molecule has 2 heterocycles. The summed E-state index contributed by atoms with van der Waals surface area (Å²) in [6.07, 6.45) is 1.70. The topological polar surface area (TPSA) is 98.4 Å². The molecule has 2 aromatic heterocycles. The molecule has 10 heteroatoms. The first-order chi connectivity index (χ1) is 19.4. The van der Waals surface area contributed by atoms with E-state index >= 15 is 0 Å². The zero-order valence-corrected chi connectivity index (χ0v) is 23.7. The van der Waals surface area contributed by atoms with Crippen LogP contribution in [0.1, 0.15) is 5.56 Å². The van der Waals surface area contributed by atoms with Crippen molar-refractivity contribution in [1.82, 2.24) is 19.9 Å². The van der Waals surface area contributed by atoms with Gasteiger partial charge in [-0.25, -0.2) is 15.0 Å². The summed E-state index contributed by atoms with van der Waals surface area (Å²) < 4.78 is 11.8. The van der Waals surface area contributed by atoms with Crippen LogP contribution in [0.2, 0.25) is 5.02 Å². The molecule has 0 atom stereocenters. The molecule has 0 bridgehead atoms. The number of rotatable bonds is 11. The molecule has 0 aliphatic heterocycles. The fourth-order valence-electron chi connectivity index (χ4n) is 3.89. The highest BCUT2D eigenvalue weighted by molar-refractivity contribution is 7.19. The van der Waals surface area contributed by atoms with Gasteiger partial charge in [0.25, 0.3) is 0 Å². The molecule has 0 saturated heterocycles. The van der Waals surface area contributed by atoms with Crippen molar-refractivity contribution in [3.05, 3.63) is 95.6 Å². The van der Waals surface area contributed by atoms with Gasteiger partial charge in [-0.1, -0.05) is 65.4 Å². The van der Waals surface area contributed by atoms with E-state index in [1.807, 2.05) is 91.8 Å². The summed E-state index contributed by atoms with van der Waals surface area (Å²) in [7, 11) is 3.99. The van der Waals surface area contributed by atoms with Crippen molar-refractivity contribution < 1.29 is 9.47 Å². The van der Waals surface area contributed by atoms with E-state index in [-0.39, 0.29) is 0 Å². The van der Waals surface area contributed by atoms with E-state index in [2.05, 4.69) is 15.3 Å². The van der Waals surface area contributed by atoms with Gasteiger partial charge in [0.2, 0.25) is 5.95 Å². The van der Waals surface area contributed by atoms with Crippen LogP contribution >= 0.6 is 22.9 Å². The van der Waals surface area contributed by atoms with Crippen molar-refractivity contribution in [3.8, 4) is 33.3 Å². The molecule has 0 radical (unpaired) electrons. The van der Waals surface area contributed by atoms with Gasteiger partial charge in [-0.3, -0.25) is 0 Å². The first-order valence-corrected chi connectivity index (χ1v) is 13.8. The van der Waals surface area contributed by atoms with Gasteiger partial charge in [0.1, 0.15) is 24.7 Å². The second-order valence-corrected chi connectivity index (χ2v) is 10.7. The van der Waals surface area contributed by atoms with Crippen molar-refractivity contribution in [2.24, 2.45) is 0 Å². The predicted molar refractivity (Wildman–Crippen MR) is 163 cm³/mol. The summed E-state index contributed by atoms with van der Waals surface area (Å²) in [6.45, 7) is 1.82. The van der Waals surface area contributed by atoms with Crippen molar-refractivity contribution in [2.75, 3.05) is 38.3 Å². The van der Waals surface area contributed by atoms with Gasteiger partial charge in [0, 0.05) is 24.0 Å². The highest BCUT2D eigenvalue weighted by Crippen LogP contribution is 2.38. The van der Waals surface area contributed by atoms with Gasteiger partial charge in [-0.2, -0.15) is 0 Å². The highest BCUT2D eigenvalue weighted by atomic mass is 35.5. The summed E-state index contributed by atoms with van der Waals surface area (Å²) in [5, 5.41) is 4.18. The lowest BCUT2D eigenvalue weighted by atomic mass is 10.1. The van der Waals surface area contributed by atoms with Crippen LogP contribution in [0.15, 0.2) is 85.1 Å². The molecule has 0 fully saturated rings. The lowest BCUT2D eigenvalue weighted by Crippen LogP contribution is -2.19. The Morgan fingerprint density at radius 3 is 2.60 bits per heavy atom. The summed E-state index contributed by atoms with van der Waals surface area (Å²) in [6, 6.07) is 25.2. The van der Waals surface area contributed by atoms with Crippen LogP contribution in [0.5, 0.6) is 11.5 Å². The highest BCUT2D eigenvalue weighted by Gasteiger charge is 2.17. The molecule has 0 spiro atoms. The van der Waals surface area contributed by atoms with Crippen molar-refractivity contribution in [2.45, 2.75) is 6.61 Å². The number of likely N-dealkylation sites (N-methyl/N-ethyl adjacent to an activating group) is 1. The lowest BCUT2D eigenvalue weighted by Gasteiger charge is -2.13. The molecule has 40 heavy (non-hydrogen) atoms. The Kier molecular flexibility index (Phi) is 8.75. The summed E-state index contributed by atoms with van der Waals surface area (Å²) in [5.41, 5.74) is 10.3. The second-order valence-electron chi connectivity index (χ2n) is 9.22. The van der Waals surface area contributed by atoms with E-state index in [1.54, 1.807) is 12.3 Å². The van der Waals surface area contributed by atoms with E-state index < -0.39 is 0 Å². The van der Waals surface area contributed by atoms with E-state index in [1.165, 1.54) is 11.3 Å². The van der Waals surface area contributed by atoms with E-state index in [0.717, 1.165) is 39.7 Å². The monoisotopic (exact) mass is 572 g/mol. The van der Waals surface area contributed by atoms with E-state index in [9.17, 15) is 0 Å². The molecule has 204 valence electrons. The number of nitrogens with one attached hydrogen (secondary N) is 1. The third-order valence-corrected chi connectivity index (χ3v) is 7.07. The molecule has 0 unspecified atom stereocenters. The number of hydrogen-bond donors (Lipinski definition) is 2. The van der Waals surface area contributed by atoms with Gasteiger partial charge in [-0.15, -0.1) is 0 Å². The van der Waals surface area contributed by atoms with E-state index in [0.29, 0.717) is 40.8 Å². The van der Waals surface area contributed by atoms with Gasteiger partial charge >= 0.3 is 0 Å². The van der Waals surface area contributed by atoms with Crippen molar-refractivity contribution in [1.29, 1.82) is 0 Å². The first-order valence-electron chi connectivity index (χ1n) is 12.7. The third-order valence-electron chi connectivity index (χ3n) is 5.87. The average Bonchev–Trinajstić information content (AvgIpc) is 3.35. The van der Waals surface area contributed by atoms with Crippen LogP contribution in [-0.4, -0.2) is 47.1 Å². The molecular weight excluding hydrogens is 544 g/mol. The quantitative estimate of drug-likeness (QED) is 0.179. The summed E-state index contributed by atoms with van der Waals surface area (Å²) >= 11 is 7.82. The number of nitrogens with zero attached hydrogens (tertiary/aromatic N) is 4. The van der Waals surface area contributed by atoms with Gasteiger partial charge < -0.3 is 25.4 Å². The molecule has 0 saturated carbocycles. The second kappa shape index (κ2) is 12.8. The zero-order chi connectivity index (χ0) is 27.9. The lowest BCUT2D eigenvalue weighted by molar-refractivity contribution is 0.261. The molecule has 0 aliphatic rings. The van der Waals surface area contributed by atoms with Crippen molar-refractivity contribution >= 4 is 39.7 Å². The van der Waals surface area contributed by atoms with Crippen molar-refractivity contribution in [3.63, 3.8) is 0 Å². The molecule has 5 aromatic rings. The maximum Gasteiger partial charge on any atom is 0.227 e. The Hall–Kier alpha value is -4.18. The Labute approximate surface area is 242 Å². The van der Waals surface area contributed by atoms with Gasteiger partial charge in [-0.05, 0) is 56.1 Å². The molecule has 0 amide bonds. The largest absolute Gasteiger partial charge is 0.491 e. The minimum Gasteiger partial charge on any atom is -0.491 e. The van der Waals surface area contributed by atoms with Gasteiger partial charge in [0.15, 0.2) is 5.13 Å². The number of nitrogens with two attached hydrogens (primary N) is 1. The number of aromatic nitrogens is 3. The van der Waals surface area contributed by atoms with E-state index in [4.69, 9.17) is 31.8 Å². The third kappa shape index (κ3) is 7.06. The molecular formula is C30H29ClN6O2S. The summed E-state index contributed by atoms with van der Waals surface area (Å²) in [4.78, 5) is 16.6. The number of thiazole rings is 1. The number of hydrogen-bond acceptors (Lipinski definition) is 9. The number of benzene rings is 3. The van der Waals surface area contributed by atoms with Crippen LogP contribution in [0.25, 0.3) is 21.8 Å². The van der Waals surface area contributed by atoms with Crippen LogP contribution < -0.4 is 20.5 Å². The summed E-state index contributed by atoms with van der Waals surface area (Å²) in [5.74, 6) is 1.80. The SMILES string of the molecule is CN(C)CCOc1ccc(Nc2nccc(-c3sc(N)nc3-c3cccc(OCc4ccccc4)c3)n2)cc1Cl. The molecule has 3 aromatic carbocycles. The maximum atomic E-state index is 6.45. The molecule has 0 aliphatic carbocycles. The minimum atomic E-state index is 0.424.